The van der Waals surface area contributed by atoms with E-state index in [1.165, 1.54) is 9.75 Å². The van der Waals surface area contributed by atoms with Crippen molar-refractivity contribution in [2.45, 2.75) is 33.7 Å². The number of rotatable bonds is 3. The Bertz CT molecular complexity index is 921. The molecule has 3 heterocycles. The van der Waals surface area contributed by atoms with E-state index >= 15 is 0 Å². The third kappa shape index (κ3) is 2.71. The highest BCUT2D eigenvalue weighted by Gasteiger charge is 2.20. The molecule has 0 aliphatic rings. The maximum absolute atomic E-state index is 12.7. The number of fused-ring (bicyclic) bond motifs is 1. The van der Waals surface area contributed by atoms with Crippen LogP contribution in [0.15, 0.2) is 18.3 Å². The molecule has 24 heavy (non-hydrogen) atoms. The maximum atomic E-state index is 12.7. The van der Waals surface area contributed by atoms with E-state index in [1.807, 2.05) is 10.7 Å². The molecule has 3 aromatic rings. The molecule has 5 nitrogen and oxygen atoms in total. The molecule has 1 amide bonds. The monoisotopic (exact) mass is 342 g/mol. The Morgan fingerprint density at radius 1 is 1.25 bits per heavy atom. The third-order valence-corrected chi connectivity index (χ3v) is 4.98. The fourth-order valence-corrected chi connectivity index (χ4v) is 3.77. The van der Waals surface area contributed by atoms with Crippen molar-refractivity contribution in [3.63, 3.8) is 0 Å². The van der Waals surface area contributed by atoms with Crippen molar-refractivity contribution in [1.82, 2.24) is 19.7 Å². The minimum atomic E-state index is -0.0310. The summed E-state index contributed by atoms with van der Waals surface area (Å²) in [7, 11) is 3.53. The minimum Gasteiger partial charge on any atom is -0.345 e. The predicted octanol–water partition coefficient (Wildman–Crippen LogP) is 4.06. The smallest absolute Gasteiger partial charge is 0.254 e. The average Bonchev–Trinajstić information content (AvgIpc) is 3.08. The van der Waals surface area contributed by atoms with Crippen LogP contribution < -0.4 is 0 Å². The summed E-state index contributed by atoms with van der Waals surface area (Å²) >= 11 is 1.74. The Hall–Kier alpha value is -2.21. The van der Waals surface area contributed by atoms with Crippen LogP contribution in [0.3, 0.4) is 0 Å². The van der Waals surface area contributed by atoms with Crippen LogP contribution in [0.2, 0.25) is 0 Å². The summed E-state index contributed by atoms with van der Waals surface area (Å²) < 4.78 is 1.87. The summed E-state index contributed by atoms with van der Waals surface area (Å²) in [5.74, 6) is -0.0310. The van der Waals surface area contributed by atoms with Crippen LogP contribution in [0.25, 0.3) is 22.3 Å². The first-order valence-electron chi connectivity index (χ1n) is 7.97. The van der Waals surface area contributed by atoms with Crippen molar-refractivity contribution in [3.8, 4) is 11.3 Å². The Morgan fingerprint density at radius 3 is 2.50 bits per heavy atom. The molecule has 0 aromatic carbocycles. The fraction of sp³-hybridized carbons (Fsp3) is 0.389. The molecule has 0 radical (unpaired) electrons. The molecule has 3 rings (SSSR count). The van der Waals surface area contributed by atoms with Crippen molar-refractivity contribution in [1.29, 1.82) is 0 Å². The zero-order valence-corrected chi connectivity index (χ0v) is 15.7. The number of amides is 1. The molecule has 3 aromatic heterocycles. The Morgan fingerprint density at radius 2 is 1.96 bits per heavy atom. The van der Waals surface area contributed by atoms with Crippen LogP contribution in [-0.2, 0) is 0 Å². The zero-order chi connectivity index (χ0) is 17.6. The number of hydrogen-bond donors (Lipinski definition) is 0. The maximum Gasteiger partial charge on any atom is 0.254 e. The van der Waals surface area contributed by atoms with Gasteiger partial charge in [-0.05, 0) is 39.8 Å². The Kier molecular flexibility index (Phi) is 4.17. The van der Waals surface area contributed by atoms with E-state index in [0.29, 0.717) is 5.56 Å². The lowest BCUT2D eigenvalue weighted by Gasteiger charge is -2.13. The van der Waals surface area contributed by atoms with Gasteiger partial charge in [0.15, 0.2) is 5.65 Å². The number of pyridine rings is 1. The Balaban J connectivity index is 2.33. The van der Waals surface area contributed by atoms with Crippen molar-refractivity contribution < 1.29 is 4.79 Å². The molecule has 0 bridgehead atoms. The molecule has 0 aliphatic carbocycles. The molecule has 0 unspecified atom stereocenters. The highest BCUT2D eigenvalue weighted by atomic mass is 32.1. The van der Waals surface area contributed by atoms with Gasteiger partial charge in [-0.1, -0.05) is 0 Å². The van der Waals surface area contributed by atoms with Gasteiger partial charge in [-0.25, -0.2) is 9.67 Å². The number of carbonyl (C=O) groups excluding carboxylic acids is 1. The van der Waals surface area contributed by atoms with Crippen LogP contribution in [0, 0.1) is 13.8 Å². The summed E-state index contributed by atoms with van der Waals surface area (Å²) in [5, 5.41) is 5.25. The van der Waals surface area contributed by atoms with Crippen LogP contribution in [0.5, 0.6) is 0 Å². The van der Waals surface area contributed by atoms with Gasteiger partial charge >= 0.3 is 0 Å². The van der Waals surface area contributed by atoms with E-state index < -0.39 is 0 Å². The van der Waals surface area contributed by atoms with E-state index in [1.54, 1.807) is 36.5 Å². The average molecular weight is 342 g/mol. The van der Waals surface area contributed by atoms with Crippen molar-refractivity contribution in [2.75, 3.05) is 14.1 Å². The third-order valence-electron chi connectivity index (χ3n) is 4.01. The van der Waals surface area contributed by atoms with Crippen LogP contribution >= 0.6 is 11.3 Å². The first-order chi connectivity index (χ1) is 11.3. The number of nitrogens with zero attached hydrogens (tertiary/aromatic N) is 4. The Labute approximate surface area is 145 Å². The van der Waals surface area contributed by atoms with Gasteiger partial charge in [-0.2, -0.15) is 5.10 Å². The second-order valence-corrected chi connectivity index (χ2v) is 7.96. The predicted molar refractivity (Wildman–Crippen MR) is 98.7 cm³/mol. The molecule has 126 valence electrons. The number of carbonyl (C=O) groups is 1. The molecule has 0 saturated carbocycles. The SMILES string of the molecule is Cc1cc(-c2cc(C(=O)N(C)C)c3cnn(C(C)C)c3n2)c(C)s1. The van der Waals surface area contributed by atoms with E-state index in [9.17, 15) is 4.79 Å². The fourth-order valence-electron chi connectivity index (χ4n) is 2.84. The van der Waals surface area contributed by atoms with Crippen molar-refractivity contribution in [3.05, 3.63) is 33.6 Å². The van der Waals surface area contributed by atoms with Gasteiger partial charge in [0.2, 0.25) is 0 Å². The molecular weight excluding hydrogens is 320 g/mol. The van der Waals surface area contributed by atoms with Crippen LogP contribution in [-0.4, -0.2) is 39.7 Å². The van der Waals surface area contributed by atoms with Crippen LogP contribution in [0.4, 0.5) is 0 Å². The normalized spacial score (nSPS) is 11.5. The number of aryl methyl sites for hydroxylation is 2. The first-order valence-corrected chi connectivity index (χ1v) is 8.78. The molecule has 0 fully saturated rings. The molecule has 0 aliphatic heterocycles. The summed E-state index contributed by atoms with van der Waals surface area (Å²) in [5.41, 5.74) is 3.33. The molecule has 0 spiro atoms. The molecule has 0 saturated heterocycles. The van der Waals surface area contributed by atoms with E-state index in [0.717, 1.165) is 22.3 Å². The quantitative estimate of drug-likeness (QED) is 0.721. The lowest BCUT2D eigenvalue weighted by atomic mass is 10.1. The van der Waals surface area contributed by atoms with Crippen LogP contribution in [0.1, 0.15) is 40.0 Å². The van der Waals surface area contributed by atoms with Crippen molar-refractivity contribution in [2.24, 2.45) is 0 Å². The molecule has 6 heteroatoms. The first kappa shape index (κ1) is 16.6. The van der Waals surface area contributed by atoms with Gasteiger partial charge in [0.25, 0.3) is 5.91 Å². The summed E-state index contributed by atoms with van der Waals surface area (Å²) in [4.78, 5) is 21.6. The van der Waals surface area contributed by atoms with E-state index in [-0.39, 0.29) is 11.9 Å². The second kappa shape index (κ2) is 6.02. The number of hydrogen-bond acceptors (Lipinski definition) is 4. The summed E-state index contributed by atoms with van der Waals surface area (Å²) in [6.07, 6.45) is 1.74. The van der Waals surface area contributed by atoms with Gasteiger partial charge in [-0.3, -0.25) is 4.79 Å². The highest BCUT2D eigenvalue weighted by molar-refractivity contribution is 7.12. The van der Waals surface area contributed by atoms with Gasteiger partial charge in [0.1, 0.15) is 0 Å². The van der Waals surface area contributed by atoms with E-state index in [4.69, 9.17) is 4.98 Å². The van der Waals surface area contributed by atoms with Gasteiger partial charge in [0, 0.05) is 35.5 Å². The summed E-state index contributed by atoms with van der Waals surface area (Å²) in [6, 6.07) is 4.21. The van der Waals surface area contributed by atoms with Gasteiger partial charge < -0.3 is 4.90 Å². The second-order valence-electron chi connectivity index (χ2n) is 6.50. The lowest BCUT2D eigenvalue weighted by Crippen LogP contribution is -2.22. The molecule has 0 N–H and O–H groups in total. The standard InChI is InChI=1S/C18H22N4OS/c1-10(2)22-17-15(9-19-22)14(18(23)21(5)6)8-16(20-17)13-7-11(3)24-12(13)4/h7-10H,1-6H3. The summed E-state index contributed by atoms with van der Waals surface area (Å²) in [6.45, 7) is 8.30. The largest absolute Gasteiger partial charge is 0.345 e. The molecule has 0 atom stereocenters. The topological polar surface area (TPSA) is 51.0 Å². The highest BCUT2D eigenvalue weighted by Crippen LogP contribution is 2.32. The minimum absolute atomic E-state index is 0.0310. The van der Waals surface area contributed by atoms with Gasteiger partial charge in [0.05, 0.1) is 22.8 Å². The van der Waals surface area contributed by atoms with Crippen molar-refractivity contribution >= 4 is 28.3 Å². The van der Waals surface area contributed by atoms with Gasteiger partial charge in [-0.15, -0.1) is 11.3 Å². The lowest BCUT2D eigenvalue weighted by molar-refractivity contribution is 0.0829. The number of thiophene rings is 1. The number of aromatic nitrogens is 3. The molecular formula is C18H22N4OS. The zero-order valence-electron chi connectivity index (χ0n) is 14.9. The van der Waals surface area contributed by atoms with E-state index in [2.05, 4.69) is 38.9 Å².